The van der Waals surface area contributed by atoms with Crippen molar-refractivity contribution in [2.24, 2.45) is 0 Å². The number of hydrogen-bond acceptors (Lipinski definition) is 3. The minimum absolute atomic E-state index is 0.0478. The molecule has 0 saturated heterocycles. The highest BCUT2D eigenvalue weighted by Gasteiger charge is 2.12. The lowest BCUT2D eigenvalue weighted by Gasteiger charge is -2.07. The van der Waals surface area contributed by atoms with E-state index in [2.05, 4.69) is 0 Å². The fraction of sp³-hybridized carbons (Fsp3) is 0.0714. The summed E-state index contributed by atoms with van der Waals surface area (Å²) in [7, 11) is 0. The average molecular weight is 298 g/mol. The number of benzene rings is 2. The van der Waals surface area contributed by atoms with Crippen LogP contribution in [-0.2, 0) is 11.3 Å². The van der Waals surface area contributed by atoms with Gasteiger partial charge in [-0.2, -0.15) is 0 Å². The first kappa shape index (κ1) is 14.3. The molecule has 2 aromatic carbocycles. The standard InChI is InChI=1S/C14H10ClF2NO2/c15-10-4-9(5-11(18)6-10)14(19)20-7-8-2-1-3-12(16)13(8)17/h1-6H,7,18H2. The molecule has 2 aromatic rings. The van der Waals surface area contributed by atoms with Crippen LogP contribution in [0.2, 0.25) is 5.02 Å². The summed E-state index contributed by atoms with van der Waals surface area (Å²) in [6.45, 7) is -0.380. The van der Waals surface area contributed by atoms with Crippen molar-refractivity contribution in [2.75, 3.05) is 5.73 Å². The van der Waals surface area contributed by atoms with Gasteiger partial charge in [-0.1, -0.05) is 23.7 Å². The van der Waals surface area contributed by atoms with Crippen LogP contribution in [-0.4, -0.2) is 5.97 Å². The Morgan fingerprint density at radius 1 is 1.25 bits per heavy atom. The Labute approximate surface area is 118 Å². The second-order valence-electron chi connectivity index (χ2n) is 4.06. The zero-order valence-corrected chi connectivity index (χ0v) is 11.0. The molecule has 0 bridgehead atoms. The van der Waals surface area contributed by atoms with Gasteiger partial charge in [0.15, 0.2) is 11.6 Å². The van der Waals surface area contributed by atoms with E-state index in [1.54, 1.807) is 0 Å². The van der Waals surface area contributed by atoms with Gasteiger partial charge in [0.25, 0.3) is 0 Å². The van der Waals surface area contributed by atoms with E-state index in [4.69, 9.17) is 22.1 Å². The molecule has 0 aliphatic rings. The van der Waals surface area contributed by atoms with Crippen molar-refractivity contribution in [1.82, 2.24) is 0 Å². The third-order valence-electron chi connectivity index (χ3n) is 2.55. The van der Waals surface area contributed by atoms with Crippen LogP contribution in [0.4, 0.5) is 14.5 Å². The van der Waals surface area contributed by atoms with Gasteiger partial charge in [-0.15, -0.1) is 0 Å². The first-order valence-electron chi connectivity index (χ1n) is 5.63. The first-order chi connectivity index (χ1) is 9.47. The van der Waals surface area contributed by atoms with Crippen LogP contribution >= 0.6 is 11.6 Å². The molecular formula is C14H10ClF2NO2. The number of hydrogen-bond donors (Lipinski definition) is 1. The van der Waals surface area contributed by atoms with E-state index in [1.807, 2.05) is 0 Å². The molecule has 2 N–H and O–H groups in total. The highest BCUT2D eigenvalue weighted by atomic mass is 35.5. The van der Waals surface area contributed by atoms with Gasteiger partial charge in [0.1, 0.15) is 6.61 Å². The topological polar surface area (TPSA) is 52.3 Å². The summed E-state index contributed by atoms with van der Waals surface area (Å²) < 4.78 is 31.3. The lowest BCUT2D eigenvalue weighted by molar-refractivity contribution is 0.0468. The van der Waals surface area contributed by atoms with E-state index in [9.17, 15) is 13.6 Å². The summed E-state index contributed by atoms with van der Waals surface area (Å²) in [4.78, 5) is 11.8. The van der Waals surface area contributed by atoms with Crippen molar-refractivity contribution in [3.8, 4) is 0 Å². The predicted molar refractivity (Wildman–Crippen MR) is 71.3 cm³/mol. The number of nitrogens with two attached hydrogens (primary N) is 1. The van der Waals surface area contributed by atoms with Crippen molar-refractivity contribution in [2.45, 2.75) is 6.61 Å². The minimum atomic E-state index is -1.04. The molecule has 0 spiro atoms. The molecular weight excluding hydrogens is 288 g/mol. The van der Waals surface area contributed by atoms with Crippen LogP contribution in [0.5, 0.6) is 0 Å². The highest BCUT2D eigenvalue weighted by Crippen LogP contribution is 2.18. The maximum Gasteiger partial charge on any atom is 0.338 e. The van der Waals surface area contributed by atoms with E-state index >= 15 is 0 Å². The van der Waals surface area contributed by atoms with E-state index in [0.29, 0.717) is 5.69 Å². The smallest absolute Gasteiger partial charge is 0.338 e. The number of esters is 1. The van der Waals surface area contributed by atoms with Crippen molar-refractivity contribution in [3.63, 3.8) is 0 Å². The SMILES string of the molecule is Nc1cc(Cl)cc(C(=O)OCc2cccc(F)c2F)c1. The van der Waals surface area contributed by atoms with Gasteiger partial charge in [0.2, 0.25) is 0 Å². The molecule has 3 nitrogen and oxygen atoms in total. The van der Waals surface area contributed by atoms with Gasteiger partial charge < -0.3 is 10.5 Å². The van der Waals surface area contributed by atoms with Crippen LogP contribution in [0.15, 0.2) is 36.4 Å². The van der Waals surface area contributed by atoms with Crippen LogP contribution in [0.25, 0.3) is 0 Å². The Morgan fingerprint density at radius 3 is 2.70 bits per heavy atom. The number of rotatable bonds is 3. The molecule has 0 aliphatic carbocycles. The van der Waals surface area contributed by atoms with Gasteiger partial charge >= 0.3 is 5.97 Å². The average Bonchev–Trinajstić information content (AvgIpc) is 2.39. The molecule has 104 valence electrons. The Kier molecular flexibility index (Phi) is 4.20. The van der Waals surface area contributed by atoms with Crippen LogP contribution in [0.3, 0.4) is 0 Å². The normalized spacial score (nSPS) is 10.3. The summed E-state index contributed by atoms with van der Waals surface area (Å²) in [5.74, 6) is -2.75. The molecule has 6 heteroatoms. The number of ether oxygens (including phenoxy) is 1. The van der Waals surface area contributed by atoms with E-state index < -0.39 is 17.6 Å². The molecule has 2 rings (SSSR count). The van der Waals surface area contributed by atoms with E-state index in [-0.39, 0.29) is 22.8 Å². The first-order valence-corrected chi connectivity index (χ1v) is 6.01. The van der Waals surface area contributed by atoms with Crippen molar-refractivity contribution < 1.29 is 18.3 Å². The molecule has 0 saturated carbocycles. The van der Waals surface area contributed by atoms with Crippen LogP contribution in [0.1, 0.15) is 15.9 Å². The summed E-state index contributed by atoms with van der Waals surface area (Å²) in [6.07, 6.45) is 0. The molecule has 0 atom stereocenters. The molecule has 0 fully saturated rings. The number of anilines is 1. The summed E-state index contributed by atoms with van der Waals surface area (Å²) >= 11 is 5.76. The van der Waals surface area contributed by atoms with Crippen molar-refractivity contribution in [3.05, 3.63) is 64.2 Å². The maximum absolute atomic E-state index is 13.4. The zero-order chi connectivity index (χ0) is 14.7. The second kappa shape index (κ2) is 5.88. The fourth-order valence-electron chi connectivity index (χ4n) is 1.62. The molecule has 0 unspecified atom stereocenters. The predicted octanol–water partition coefficient (Wildman–Crippen LogP) is 3.56. The lowest BCUT2D eigenvalue weighted by atomic mass is 10.2. The second-order valence-corrected chi connectivity index (χ2v) is 4.50. The van der Waals surface area contributed by atoms with Gasteiger partial charge in [-0.25, -0.2) is 13.6 Å². The van der Waals surface area contributed by atoms with Gasteiger partial charge in [-0.3, -0.25) is 0 Å². The monoisotopic (exact) mass is 297 g/mol. The summed E-state index contributed by atoms with van der Waals surface area (Å²) in [5, 5.41) is 0.286. The number of nitrogen functional groups attached to an aromatic ring is 1. The summed E-state index contributed by atoms with van der Waals surface area (Å²) in [6, 6.07) is 7.89. The van der Waals surface area contributed by atoms with Gasteiger partial charge in [0.05, 0.1) is 5.56 Å². The Hall–Kier alpha value is -2.14. The van der Waals surface area contributed by atoms with Crippen molar-refractivity contribution in [1.29, 1.82) is 0 Å². The number of carbonyl (C=O) groups is 1. The molecule has 0 aromatic heterocycles. The molecule has 0 radical (unpaired) electrons. The van der Waals surface area contributed by atoms with E-state index in [1.165, 1.54) is 30.3 Å². The number of halogens is 3. The molecule has 0 heterocycles. The molecule has 0 amide bonds. The minimum Gasteiger partial charge on any atom is -0.457 e. The molecule has 20 heavy (non-hydrogen) atoms. The van der Waals surface area contributed by atoms with Crippen LogP contribution < -0.4 is 5.73 Å². The summed E-state index contributed by atoms with van der Waals surface area (Å²) in [5.41, 5.74) is 5.95. The number of carbonyl (C=O) groups excluding carboxylic acids is 1. The maximum atomic E-state index is 13.4. The quantitative estimate of drug-likeness (QED) is 0.696. The Morgan fingerprint density at radius 2 is 2.00 bits per heavy atom. The Bertz CT molecular complexity index is 641. The fourth-order valence-corrected chi connectivity index (χ4v) is 1.86. The van der Waals surface area contributed by atoms with Gasteiger partial charge in [-0.05, 0) is 24.3 Å². The third kappa shape index (κ3) is 3.24. The lowest BCUT2D eigenvalue weighted by Crippen LogP contribution is -2.07. The Balaban J connectivity index is 2.10. The van der Waals surface area contributed by atoms with Crippen molar-refractivity contribution >= 4 is 23.3 Å². The van der Waals surface area contributed by atoms with Gasteiger partial charge in [0, 0.05) is 16.3 Å². The van der Waals surface area contributed by atoms with Crippen LogP contribution in [0, 0.1) is 11.6 Å². The zero-order valence-electron chi connectivity index (χ0n) is 10.2. The highest BCUT2D eigenvalue weighted by molar-refractivity contribution is 6.31. The third-order valence-corrected chi connectivity index (χ3v) is 2.76. The molecule has 0 aliphatic heterocycles. The van der Waals surface area contributed by atoms with E-state index in [0.717, 1.165) is 6.07 Å². The largest absolute Gasteiger partial charge is 0.457 e.